The number of nitrogens with zero attached hydrogens (tertiary/aromatic N) is 1. The second kappa shape index (κ2) is 5.06. The standard InChI is InChI=1S/C14H16N2O/c1-2-5-12(15)14(17)11-8-9-16-13-7-4-3-6-10(11)13/h3-4,6-9,12H,2,5,15H2,1H3. The molecule has 0 bridgehead atoms. The fourth-order valence-electron chi connectivity index (χ4n) is 1.95. The Balaban J connectivity index is 2.45. The van der Waals surface area contributed by atoms with Crippen LogP contribution in [0.1, 0.15) is 30.1 Å². The zero-order valence-corrected chi connectivity index (χ0v) is 9.89. The minimum atomic E-state index is -0.411. The maximum Gasteiger partial charge on any atom is 0.180 e. The van der Waals surface area contributed by atoms with Gasteiger partial charge < -0.3 is 5.73 Å². The molecule has 0 saturated heterocycles. The van der Waals surface area contributed by atoms with Crippen LogP contribution in [0.15, 0.2) is 36.5 Å². The van der Waals surface area contributed by atoms with Gasteiger partial charge in [-0.25, -0.2) is 0 Å². The lowest BCUT2D eigenvalue weighted by Crippen LogP contribution is -2.30. The molecule has 1 aromatic heterocycles. The van der Waals surface area contributed by atoms with E-state index in [4.69, 9.17) is 5.73 Å². The molecule has 2 N–H and O–H groups in total. The van der Waals surface area contributed by atoms with Gasteiger partial charge in [0.05, 0.1) is 11.6 Å². The highest BCUT2D eigenvalue weighted by Crippen LogP contribution is 2.18. The third kappa shape index (κ3) is 2.34. The van der Waals surface area contributed by atoms with Crippen molar-refractivity contribution in [2.24, 2.45) is 5.73 Å². The third-order valence-corrected chi connectivity index (χ3v) is 2.85. The summed E-state index contributed by atoms with van der Waals surface area (Å²) in [5.41, 5.74) is 7.39. The van der Waals surface area contributed by atoms with Gasteiger partial charge in [-0.15, -0.1) is 0 Å². The molecule has 0 fully saturated rings. The highest BCUT2D eigenvalue weighted by Gasteiger charge is 2.17. The van der Waals surface area contributed by atoms with Crippen LogP contribution in [-0.2, 0) is 0 Å². The van der Waals surface area contributed by atoms with Crippen molar-refractivity contribution < 1.29 is 4.79 Å². The largest absolute Gasteiger partial charge is 0.321 e. The number of fused-ring (bicyclic) bond motifs is 1. The number of aromatic nitrogens is 1. The number of benzene rings is 1. The van der Waals surface area contributed by atoms with Gasteiger partial charge in [0.1, 0.15) is 0 Å². The molecular weight excluding hydrogens is 212 g/mol. The van der Waals surface area contributed by atoms with Crippen molar-refractivity contribution in [3.63, 3.8) is 0 Å². The summed E-state index contributed by atoms with van der Waals surface area (Å²) in [6, 6.07) is 8.97. The molecule has 2 rings (SSSR count). The molecular formula is C14H16N2O. The van der Waals surface area contributed by atoms with Crippen LogP contribution in [0.3, 0.4) is 0 Å². The minimum absolute atomic E-state index is 0.00505. The first-order valence-electron chi connectivity index (χ1n) is 5.87. The van der Waals surface area contributed by atoms with Gasteiger partial charge in [0.25, 0.3) is 0 Å². The Morgan fingerprint density at radius 3 is 2.88 bits per heavy atom. The zero-order valence-electron chi connectivity index (χ0n) is 9.89. The molecule has 0 amide bonds. The normalized spacial score (nSPS) is 12.6. The van der Waals surface area contributed by atoms with Crippen molar-refractivity contribution in [2.45, 2.75) is 25.8 Å². The summed E-state index contributed by atoms with van der Waals surface area (Å²) in [4.78, 5) is 16.4. The Morgan fingerprint density at radius 2 is 2.12 bits per heavy atom. The van der Waals surface area contributed by atoms with Crippen LogP contribution in [0.5, 0.6) is 0 Å². The summed E-state index contributed by atoms with van der Waals surface area (Å²) in [5.74, 6) is 0.00505. The maximum atomic E-state index is 12.2. The molecule has 0 radical (unpaired) electrons. The van der Waals surface area contributed by atoms with Gasteiger partial charge in [0.2, 0.25) is 0 Å². The van der Waals surface area contributed by atoms with Gasteiger partial charge in [-0.05, 0) is 18.6 Å². The SMILES string of the molecule is CCCC(N)C(=O)c1ccnc2ccccc12. The lowest BCUT2D eigenvalue weighted by Gasteiger charge is -2.10. The summed E-state index contributed by atoms with van der Waals surface area (Å²) < 4.78 is 0. The molecule has 1 unspecified atom stereocenters. The van der Waals surface area contributed by atoms with Gasteiger partial charge in [-0.1, -0.05) is 31.5 Å². The Bertz CT molecular complexity index is 531. The smallest absolute Gasteiger partial charge is 0.180 e. The summed E-state index contributed by atoms with van der Waals surface area (Å²) in [7, 11) is 0. The molecule has 17 heavy (non-hydrogen) atoms. The van der Waals surface area contributed by atoms with E-state index in [2.05, 4.69) is 4.98 Å². The first-order chi connectivity index (χ1) is 8.24. The molecule has 1 heterocycles. The van der Waals surface area contributed by atoms with Gasteiger partial charge in [-0.2, -0.15) is 0 Å². The predicted molar refractivity (Wildman–Crippen MR) is 69.0 cm³/mol. The first-order valence-corrected chi connectivity index (χ1v) is 5.87. The van der Waals surface area contributed by atoms with Crippen molar-refractivity contribution >= 4 is 16.7 Å². The van der Waals surface area contributed by atoms with E-state index in [1.54, 1.807) is 12.3 Å². The molecule has 1 aromatic carbocycles. The number of pyridine rings is 1. The molecule has 0 aliphatic carbocycles. The maximum absolute atomic E-state index is 12.2. The highest BCUT2D eigenvalue weighted by molar-refractivity contribution is 6.09. The summed E-state index contributed by atoms with van der Waals surface area (Å²) in [6.45, 7) is 2.03. The number of hydrogen-bond acceptors (Lipinski definition) is 3. The topological polar surface area (TPSA) is 56.0 Å². The molecule has 0 saturated carbocycles. The number of para-hydroxylation sites is 1. The lowest BCUT2D eigenvalue weighted by atomic mass is 9.98. The van der Waals surface area contributed by atoms with E-state index < -0.39 is 6.04 Å². The van der Waals surface area contributed by atoms with Crippen molar-refractivity contribution in [3.05, 3.63) is 42.1 Å². The minimum Gasteiger partial charge on any atom is -0.321 e. The molecule has 1 atom stereocenters. The zero-order chi connectivity index (χ0) is 12.3. The molecule has 3 nitrogen and oxygen atoms in total. The molecule has 0 aliphatic heterocycles. The van der Waals surface area contributed by atoms with Crippen LogP contribution in [-0.4, -0.2) is 16.8 Å². The fraction of sp³-hybridized carbons (Fsp3) is 0.286. The van der Waals surface area contributed by atoms with Gasteiger partial charge >= 0.3 is 0 Å². The van der Waals surface area contributed by atoms with Gasteiger partial charge in [0, 0.05) is 17.1 Å². The van der Waals surface area contributed by atoms with Crippen LogP contribution in [0.2, 0.25) is 0 Å². The van der Waals surface area contributed by atoms with Gasteiger partial charge in [0.15, 0.2) is 5.78 Å². The van der Waals surface area contributed by atoms with Crippen LogP contribution in [0, 0.1) is 0 Å². The second-order valence-corrected chi connectivity index (χ2v) is 4.14. The number of carbonyl (C=O) groups excluding carboxylic acids is 1. The second-order valence-electron chi connectivity index (χ2n) is 4.14. The number of hydrogen-bond donors (Lipinski definition) is 1. The van der Waals surface area contributed by atoms with Crippen molar-refractivity contribution in [1.82, 2.24) is 4.98 Å². The fourth-order valence-corrected chi connectivity index (χ4v) is 1.95. The molecule has 3 heteroatoms. The number of Topliss-reactive ketones (excluding diaryl/α,β-unsaturated/α-hetero) is 1. The third-order valence-electron chi connectivity index (χ3n) is 2.85. The Morgan fingerprint density at radius 1 is 1.35 bits per heavy atom. The van der Waals surface area contributed by atoms with Crippen molar-refractivity contribution in [2.75, 3.05) is 0 Å². The Labute approximate surface area is 101 Å². The van der Waals surface area contributed by atoms with E-state index in [0.717, 1.165) is 23.7 Å². The predicted octanol–water partition coefficient (Wildman–Crippen LogP) is 2.54. The van der Waals surface area contributed by atoms with E-state index in [1.165, 1.54) is 0 Å². The van der Waals surface area contributed by atoms with E-state index in [-0.39, 0.29) is 5.78 Å². The average molecular weight is 228 g/mol. The van der Waals surface area contributed by atoms with Gasteiger partial charge in [-0.3, -0.25) is 9.78 Å². The van der Waals surface area contributed by atoms with E-state index in [1.807, 2.05) is 31.2 Å². The first kappa shape index (κ1) is 11.7. The lowest BCUT2D eigenvalue weighted by molar-refractivity contribution is 0.0958. The van der Waals surface area contributed by atoms with Crippen LogP contribution >= 0.6 is 0 Å². The molecule has 88 valence electrons. The number of carbonyl (C=O) groups is 1. The highest BCUT2D eigenvalue weighted by atomic mass is 16.1. The van der Waals surface area contributed by atoms with E-state index >= 15 is 0 Å². The van der Waals surface area contributed by atoms with Crippen molar-refractivity contribution in [3.8, 4) is 0 Å². The molecule has 2 aromatic rings. The number of ketones is 1. The van der Waals surface area contributed by atoms with Crippen LogP contribution in [0.25, 0.3) is 10.9 Å². The number of nitrogens with two attached hydrogens (primary N) is 1. The molecule has 0 spiro atoms. The summed E-state index contributed by atoms with van der Waals surface area (Å²) in [6.07, 6.45) is 3.29. The molecule has 0 aliphatic rings. The Kier molecular flexibility index (Phi) is 3.49. The van der Waals surface area contributed by atoms with Crippen LogP contribution in [0.4, 0.5) is 0 Å². The Hall–Kier alpha value is -1.74. The quantitative estimate of drug-likeness (QED) is 0.818. The van der Waals surface area contributed by atoms with E-state index in [9.17, 15) is 4.79 Å². The monoisotopic (exact) mass is 228 g/mol. The van der Waals surface area contributed by atoms with Crippen molar-refractivity contribution in [1.29, 1.82) is 0 Å². The average Bonchev–Trinajstić information content (AvgIpc) is 2.37. The summed E-state index contributed by atoms with van der Waals surface area (Å²) in [5, 5.41) is 0.881. The van der Waals surface area contributed by atoms with E-state index in [0.29, 0.717) is 5.56 Å². The number of rotatable bonds is 4. The summed E-state index contributed by atoms with van der Waals surface area (Å²) >= 11 is 0. The van der Waals surface area contributed by atoms with Crippen LogP contribution < -0.4 is 5.73 Å².